The van der Waals surface area contributed by atoms with Gasteiger partial charge in [-0.05, 0) is 37.8 Å². The molecule has 3 rings (SSSR count). The second-order valence-corrected chi connectivity index (χ2v) is 7.86. The lowest BCUT2D eigenvalue weighted by molar-refractivity contribution is 0.393. The molecule has 0 amide bonds. The van der Waals surface area contributed by atoms with Crippen molar-refractivity contribution in [3.63, 3.8) is 0 Å². The lowest BCUT2D eigenvalue weighted by atomic mass is 10.0. The van der Waals surface area contributed by atoms with Gasteiger partial charge in [-0.25, -0.2) is 4.98 Å². The maximum atomic E-state index is 5.85. The quantitative estimate of drug-likeness (QED) is 0.214. The summed E-state index contributed by atoms with van der Waals surface area (Å²) in [6.45, 7) is 5.53. The Morgan fingerprint density at radius 1 is 1.16 bits per heavy atom. The molecular weight excluding hydrogens is 541 g/mol. The molecule has 32 heavy (non-hydrogen) atoms. The molecule has 1 fully saturated rings. The molecule has 1 aromatic heterocycles. The van der Waals surface area contributed by atoms with Crippen molar-refractivity contribution in [2.75, 3.05) is 45.3 Å². The summed E-state index contributed by atoms with van der Waals surface area (Å²) in [5, 5.41) is 7.46. The van der Waals surface area contributed by atoms with Crippen molar-refractivity contribution in [2.24, 2.45) is 4.99 Å². The summed E-state index contributed by atoms with van der Waals surface area (Å²) in [4.78, 5) is 11.2. The number of anilines is 1. The van der Waals surface area contributed by atoms with E-state index in [1.165, 1.54) is 0 Å². The molecule has 1 aromatic carbocycles. The van der Waals surface area contributed by atoms with E-state index in [-0.39, 0.29) is 24.0 Å². The molecule has 1 aliphatic heterocycles. The first kappa shape index (κ1) is 26.3. The van der Waals surface area contributed by atoms with Crippen LogP contribution in [0, 0.1) is 0 Å². The molecule has 0 aliphatic carbocycles. The minimum atomic E-state index is 0. The summed E-state index contributed by atoms with van der Waals surface area (Å²) in [6.07, 6.45) is 4.70. The molecule has 0 atom stereocenters. The van der Waals surface area contributed by atoms with Gasteiger partial charge >= 0.3 is 0 Å². The van der Waals surface area contributed by atoms with E-state index >= 15 is 0 Å². The first-order valence-corrected chi connectivity index (χ1v) is 11.1. The lowest BCUT2D eigenvalue weighted by Crippen LogP contribution is -2.48. The van der Waals surface area contributed by atoms with Gasteiger partial charge in [0.1, 0.15) is 16.7 Å². The van der Waals surface area contributed by atoms with Crippen molar-refractivity contribution in [3.8, 4) is 11.5 Å². The number of pyridine rings is 1. The number of hydrogen-bond donors (Lipinski definition) is 2. The number of aromatic nitrogens is 1. The predicted octanol–water partition coefficient (Wildman–Crippen LogP) is 4.14. The Bertz CT molecular complexity index is 836. The van der Waals surface area contributed by atoms with Crippen molar-refractivity contribution in [3.05, 3.63) is 47.2 Å². The molecular formula is C23H33ClIN5O2. The molecule has 1 saturated heterocycles. The van der Waals surface area contributed by atoms with Crippen LogP contribution in [0.15, 0.2) is 41.5 Å². The van der Waals surface area contributed by atoms with Crippen molar-refractivity contribution in [2.45, 2.75) is 32.2 Å². The number of piperidine rings is 1. The van der Waals surface area contributed by atoms with Crippen LogP contribution in [0.1, 0.15) is 25.3 Å². The highest BCUT2D eigenvalue weighted by Crippen LogP contribution is 2.30. The van der Waals surface area contributed by atoms with Gasteiger partial charge in [0, 0.05) is 62.3 Å². The smallest absolute Gasteiger partial charge is 0.191 e. The van der Waals surface area contributed by atoms with Crippen LogP contribution in [0.25, 0.3) is 0 Å². The number of rotatable bonds is 8. The minimum absolute atomic E-state index is 0. The Morgan fingerprint density at radius 3 is 2.41 bits per heavy atom. The zero-order valence-electron chi connectivity index (χ0n) is 18.9. The molecule has 176 valence electrons. The molecule has 0 radical (unpaired) electrons. The first-order valence-electron chi connectivity index (χ1n) is 10.7. The van der Waals surface area contributed by atoms with E-state index in [9.17, 15) is 0 Å². The number of benzene rings is 1. The van der Waals surface area contributed by atoms with Crippen molar-refractivity contribution >= 4 is 47.2 Å². The monoisotopic (exact) mass is 573 g/mol. The fourth-order valence-corrected chi connectivity index (χ4v) is 3.73. The fraction of sp³-hybridized carbons (Fsp3) is 0.478. The Hall–Kier alpha value is -1.94. The van der Waals surface area contributed by atoms with Gasteiger partial charge in [0.05, 0.1) is 14.2 Å². The van der Waals surface area contributed by atoms with E-state index < -0.39 is 0 Å². The SMILES string of the molecule is CCNC(=NCCc1ccc(Cl)nc1)NC1CCN(c2cc(OC)cc(OC)c2)CC1.I. The van der Waals surface area contributed by atoms with Gasteiger partial charge in [-0.3, -0.25) is 4.99 Å². The third-order valence-corrected chi connectivity index (χ3v) is 5.56. The number of methoxy groups -OCH3 is 2. The first-order chi connectivity index (χ1) is 15.1. The van der Waals surface area contributed by atoms with Gasteiger partial charge in [0.15, 0.2) is 5.96 Å². The fourth-order valence-electron chi connectivity index (χ4n) is 3.62. The number of ether oxygens (including phenoxy) is 2. The second kappa shape index (κ2) is 13.6. The zero-order valence-corrected chi connectivity index (χ0v) is 22.0. The molecule has 2 heterocycles. The molecule has 2 N–H and O–H groups in total. The standard InChI is InChI=1S/C23H32ClN5O2.HI/c1-4-25-23(26-10-7-17-5-6-22(24)27-16-17)28-18-8-11-29(12-9-18)19-13-20(30-2)15-21(14-19)31-3;/h5-6,13-16,18H,4,7-12H2,1-3H3,(H2,25,26,28);1H. The van der Waals surface area contributed by atoms with Gasteiger partial charge < -0.3 is 25.0 Å². The van der Waals surface area contributed by atoms with Gasteiger partial charge in [-0.2, -0.15) is 0 Å². The summed E-state index contributed by atoms with van der Waals surface area (Å²) < 4.78 is 10.8. The number of aliphatic imine (C=N–C) groups is 1. The minimum Gasteiger partial charge on any atom is -0.497 e. The number of guanidine groups is 1. The average Bonchev–Trinajstić information content (AvgIpc) is 2.80. The van der Waals surface area contributed by atoms with Gasteiger partial charge in [0.25, 0.3) is 0 Å². The zero-order chi connectivity index (χ0) is 22.1. The average molecular weight is 574 g/mol. The Labute approximate surface area is 213 Å². The normalized spacial score (nSPS) is 14.5. The van der Waals surface area contributed by atoms with Gasteiger partial charge in [-0.15, -0.1) is 24.0 Å². The number of nitrogens with one attached hydrogen (secondary N) is 2. The van der Waals surface area contributed by atoms with Crippen molar-refractivity contribution < 1.29 is 9.47 Å². The molecule has 0 saturated carbocycles. The molecule has 1 aliphatic rings. The van der Waals surface area contributed by atoms with Crippen LogP contribution in [0.3, 0.4) is 0 Å². The number of nitrogens with zero attached hydrogens (tertiary/aromatic N) is 3. The van der Waals surface area contributed by atoms with Crippen LogP contribution in [0.2, 0.25) is 5.15 Å². The van der Waals surface area contributed by atoms with Gasteiger partial charge in [0.2, 0.25) is 0 Å². The van der Waals surface area contributed by atoms with Crippen molar-refractivity contribution in [1.82, 2.24) is 15.6 Å². The summed E-state index contributed by atoms with van der Waals surface area (Å²) in [7, 11) is 3.36. The molecule has 0 spiro atoms. The topological polar surface area (TPSA) is 71.0 Å². The Kier molecular flexibility index (Phi) is 11.2. The Morgan fingerprint density at radius 2 is 1.84 bits per heavy atom. The molecule has 0 unspecified atom stereocenters. The van der Waals surface area contributed by atoms with Crippen molar-refractivity contribution in [1.29, 1.82) is 0 Å². The molecule has 7 nitrogen and oxygen atoms in total. The highest BCUT2D eigenvalue weighted by Gasteiger charge is 2.21. The summed E-state index contributed by atoms with van der Waals surface area (Å²) in [6, 6.07) is 10.2. The third kappa shape index (κ3) is 7.88. The molecule has 2 aromatic rings. The maximum Gasteiger partial charge on any atom is 0.191 e. The van der Waals surface area contributed by atoms with Crippen LogP contribution in [0.5, 0.6) is 11.5 Å². The largest absolute Gasteiger partial charge is 0.497 e. The van der Waals surface area contributed by atoms with Crippen LogP contribution in [-0.2, 0) is 6.42 Å². The van der Waals surface area contributed by atoms with Gasteiger partial charge in [-0.1, -0.05) is 17.7 Å². The van der Waals surface area contributed by atoms with Crippen LogP contribution >= 0.6 is 35.6 Å². The highest BCUT2D eigenvalue weighted by atomic mass is 127. The number of hydrogen-bond acceptors (Lipinski definition) is 5. The maximum absolute atomic E-state index is 5.85. The molecule has 0 bridgehead atoms. The van der Waals surface area contributed by atoms with E-state index in [1.807, 2.05) is 24.4 Å². The summed E-state index contributed by atoms with van der Waals surface area (Å²) >= 11 is 5.85. The lowest BCUT2D eigenvalue weighted by Gasteiger charge is -2.34. The third-order valence-electron chi connectivity index (χ3n) is 5.34. The number of halogens is 2. The van der Waals surface area contributed by atoms with E-state index in [1.54, 1.807) is 14.2 Å². The van der Waals surface area contributed by atoms with Crippen LogP contribution < -0.4 is 25.0 Å². The van der Waals surface area contributed by atoms with E-state index in [4.69, 9.17) is 26.1 Å². The second-order valence-electron chi connectivity index (χ2n) is 7.48. The van der Waals surface area contributed by atoms with E-state index in [0.29, 0.717) is 17.7 Å². The summed E-state index contributed by atoms with van der Waals surface area (Å²) in [5.74, 6) is 2.49. The highest BCUT2D eigenvalue weighted by molar-refractivity contribution is 14.0. The summed E-state index contributed by atoms with van der Waals surface area (Å²) in [5.41, 5.74) is 2.26. The van der Waals surface area contributed by atoms with Crippen LogP contribution in [-0.4, -0.2) is 57.4 Å². The van der Waals surface area contributed by atoms with Crippen LogP contribution in [0.4, 0.5) is 5.69 Å². The van der Waals surface area contributed by atoms with E-state index in [2.05, 4.69) is 39.6 Å². The van der Waals surface area contributed by atoms with E-state index in [0.717, 1.165) is 67.6 Å². The predicted molar refractivity (Wildman–Crippen MR) is 142 cm³/mol. The molecule has 9 heteroatoms. The Balaban J connectivity index is 0.00000363.